The highest BCUT2D eigenvalue weighted by Crippen LogP contribution is 2.27. The van der Waals surface area contributed by atoms with Gasteiger partial charge >= 0.3 is 0 Å². The molecule has 0 unspecified atom stereocenters. The maximum Gasteiger partial charge on any atom is 0.294 e. The summed E-state index contributed by atoms with van der Waals surface area (Å²) in [5.41, 5.74) is 4.99. The topological polar surface area (TPSA) is 60.1 Å². The Bertz CT molecular complexity index is 1070. The summed E-state index contributed by atoms with van der Waals surface area (Å²) in [5.74, 6) is -0.0568. The minimum absolute atomic E-state index is 0.236. The molecule has 0 saturated heterocycles. The zero-order chi connectivity index (χ0) is 18.1. The maximum absolute atomic E-state index is 12.5. The molecule has 2 heterocycles. The van der Waals surface area contributed by atoms with Gasteiger partial charge < -0.3 is 14.4 Å². The first-order valence-corrected chi connectivity index (χ1v) is 8.48. The minimum Gasteiger partial charge on any atom is -0.351 e. The van der Waals surface area contributed by atoms with Gasteiger partial charge in [-0.3, -0.25) is 4.79 Å². The van der Waals surface area contributed by atoms with Crippen molar-refractivity contribution in [2.45, 2.75) is 20.4 Å². The number of nitrogens with one attached hydrogen (secondary N) is 1. The number of carbonyl (C=O) groups excluding carboxylic acids is 1. The lowest BCUT2D eigenvalue weighted by Gasteiger charge is -2.05. The Labute approximate surface area is 151 Å². The predicted molar refractivity (Wildman–Crippen MR) is 101 cm³/mol. The van der Waals surface area contributed by atoms with Gasteiger partial charge in [-0.1, -0.05) is 53.2 Å². The highest BCUT2D eigenvalue weighted by atomic mass is 16.5. The van der Waals surface area contributed by atoms with E-state index in [9.17, 15) is 4.79 Å². The Morgan fingerprint density at radius 3 is 2.62 bits per heavy atom. The van der Waals surface area contributed by atoms with Crippen LogP contribution >= 0.6 is 0 Å². The van der Waals surface area contributed by atoms with Crippen LogP contribution < -0.4 is 5.32 Å². The Morgan fingerprint density at radius 1 is 1.12 bits per heavy atom. The minimum atomic E-state index is -0.293. The van der Waals surface area contributed by atoms with Crippen molar-refractivity contribution in [3.8, 4) is 0 Å². The van der Waals surface area contributed by atoms with Crippen LogP contribution in [0, 0.1) is 13.8 Å². The molecule has 0 saturated carbocycles. The van der Waals surface area contributed by atoms with Crippen molar-refractivity contribution < 1.29 is 9.32 Å². The van der Waals surface area contributed by atoms with Gasteiger partial charge in [-0.05, 0) is 25.5 Å². The molecule has 5 nitrogen and oxygen atoms in total. The van der Waals surface area contributed by atoms with Crippen LogP contribution in [-0.4, -0.2) is 15.6 Å². The van der Waals surface area contributed by atoms with Gasteiger partial charge in [-0.2, -0.15) is 0 Å². The third-order valence-corrected chi connectivity index (χ3v) is 4.47. The zero-order valence-corrected chi connectivity index (χ0v) is 14.7. The van der Waals surface area contributed by atoms with E-state index in [1.807, 2.05) is 24.4 Å². The molecular formula is C21H19N3O2. The van der Waals surface area contributed by atoms with E-state index < -0.39 is 0 Å². The molecule has 130 valence electrons. The molecule has 5 heteroatoms. The standard InChI is InChI=1S/C21H19N3O2/c1-14-7-9-16(10-8-14)12-24-13-18(17-5-3-4-6-19(17)24)23-21(25)20-15(2)11-22-26-20/h3-11,13H,12H2,1-2H3,(H,23,25). The number of fused-ring (bicyclic) bond motifs is 1. The second-order valence-corrected chi connectivity index (χ2v) is 6.47. The molecule has 2 aromatic heterocycles. The van der Waals surface area contributed by atoms with Crippen LogP contribution in [0.5, 0.6) is 0 Å². The van der Waals surface area contributed by atoms with E-state index in [-0.39, 0.29) is 11.7 Å². The van der Waals surface area contributed by atoms with Gasteiger partial charge in [-0.25, -0.2) is 0 Å². The monoisotopic (exact) mass is 345 g/mol. The summed E-state index contributed by atoms with van der Waals surface area (Å²) in [7, 11) is 0. The molecule has 0 radical (unpaired) electrons. The fourth-order valence-corrected chi connectivity index (χ4v) is 3.06. The molecule has 1 amide bonds. The zero-order valence-electron chi connectivity index (χ0n) is 14.7. The smallest absolute Gasteiger partial charge is 0.294 e. The predicted octanol–water partition coefficient (Wildman–Crippen LogP) is 4.55. The van der Waals surface area contributed by atoms with Crippen LogP contribution in [-0.2, 0) is 6.54 Å². The van der Waals surface area contributed by atoms with Gasteiger partial charge in [0.25, 0.3) is 5.91 Å². The number of para-hydroxylation sites is 1. The van der Waals surface area contributed by atoms with E-state index in [2.05, 4.69) is 52.3 Å². The Balaban J connectivity index is 1.68. The number of aromatic nitrogens is 2. The fourth-order valence-electron chi connectivity index (χ4n) is 3.06. The van der Waals surface area contributed by atoms with Gasteiger partial charge in [-0.15, -0.1) is 0 Å². The molecule has 0 spiro atoms. The summed E-state index contributed by atoms with van der Waals surface area (Å²) >= 11 is 0. The Kier molecular flexibility index (Phi) is 4.05. The summed E-state index contributed by atoms with van der Waals surface area (Å²) in [6.07, 6.45) is 3.50. The Hall–Kier alpha value is -3.34. The molecule has 0 aliphatic carbocycles. The van der Waals surface area contributed by atoms with Gasteiger partial charge in [0.05, 0.1) is 17.4 Å². The third-order valence-electron chi connectivity index (χ3n) is 4.47. The lowest BCUT2D eigenvalue weighted by Crippen LogP contribution is -2.11. The summed E-state index contributed by atoms with van der Waals surface area (Å²) in [6.45, 7) is 4.61. The molecule has 0 aliphatic rings. The van der Waals surface area contributed by atoms with Crippen molar-refractivity contribution in [2.75, 3.05) is 5.32 Å². The number of hydrogen-bond donors (Lipinski definition) is 1. The largest absolute Gasteiger partial charge is 0.351 e. The molecule has 4 rings (SSSR count). The van der Waals surface area contributed by atoms with Crippen molar-refractivity contribution in [1.29, 1.82) is 0 Å². The second kappa shape index (κ2) is 6.52. The molecule has 0 fully saturated rings. The van der Waals surface area contributed by atoms with Crippen LogP contribution in [0.3, 0.4) is 0 Å². The van der Waals surface area contributed by atoms with E-state index in [1.54, 1.807) is 6.92 Å². The van der Waals surface area contributed by atoms with Gasteiger partial charge in [0.1, 0.15) is 0 Å². The number of nitrogens with zero attached hydrogens (tertiary/aromatic N) is 2. The van der Waals surface area contributed by atoms with Gasteiger partial charge in [0.15, 0.2) is 0 Å². The van der Waals surface area contributed by atoms with E-state index >= 15 is 0 Å². The number of benzene rings is 2. The van der Waals surface area contributed by atoms with Crippen molar-refractivity contribution in [3.63, 3.8) is 0 Å². The molecule has 4 aromatic rings. The van der Waals surface area contributed by atoms with Gasteiger partial charge in [0, 0.05) is 23.7 Å². The normalized spacial score (nSPS) is 11.0. The average Bonchev–Trinajstić information content (AvgIpc) is 3.22. The third kappa shape index (κ3) is 2.99. The summed E-state index contributed by atoms with van der Waals surface area (Å²) < 4.78 is 7.20. The number of hydrogen-bond acceptors (Lipinski definition) is 3. The second-order valence-electron chi connectivity index (χ2n) is 6.47. The van der Waals surface area contributed by atoms with Crippen LogP contribution in [0.15, 0.2) is 65.4 Å². The van der Waals surface area contributed by atoms with Crippen LogP contribution in [0.1, 0.15) is 27.2 Å². The molecule has 26 heavy (non-hydrogen) atoms. The molecule has 1 N–H and O–H groups in total. The van der Waals surface area contributed by atoms with Crippen molar-refractivity contribution >= 4 is 22.5 Å². The SMILES string of the molecule is Cc1ccc(Cn2cc(NC(=O)c3oncc3C)c3ccccc32)cc1. The number of carbonyl (C=O) groups is 1. The molecule has 0 atom stereocenters. The first kappa shape index (κ1) is 16.1. The Morgan fingerprint density at radius 2 is 1.88 bits per heavy atom. The summed E-state index contributed by atoms with van der Waals surface area (Å²) in [6, 6.07) is 16.5. The lowest BCUT2D eigenvalue weighted by atomic mass is 10.1. The van der Waals surface area contributed by atoms with E-state index in [4.69, 9.17) is 4.52 Å². The quantitative estimate of drug-likeness (QED) is 0.590. The fraction of sp³-hybridized carbons (Fsp3) is 0.143. The van der Waals surface area contributed by atoms with Crippen LogP contribution in [0.25, 0.3) is 10.9 Å². The lowest BCUT2D eigenvalue weighted by molar-refractivity contribution is 0.0987. The first-order valence-electron chi connectivity index (χ1n) is 8.48. The average molecular weight is 345 g/mol. The van der Waals surface area contributed by atoms with Crippen molar-refractivity contribution in [1.82, 2.24) is 9.72 Å². The van der Waals surface area contributed by atoms with Crippen LogP contribution in [0.2, 0.25) is 0 Å². The first-order chi connectivity index (χ1) is 12.6. The summed E-state index contributed by atoms with van der Waals surface area (Å²) in [4.78, 5) is 12.5. The number of amides is 1. The molecule has 0 aliphatic heterocycles. The van der Waals surface area contributed by atoms with E-state index in [1.165, 1.54) is 17.3 Å². The molecular weight excluding hydrogens is 326 g/mol. The maximum atomic E-state index is 12.5. The highest BCUT2D eigenvalue weighted by molar-refractivity contribution is 6.08. The van der Waals surface area contributed by atoms with E-state index in [0.29, 0.717) is 5.56 Å². The molecule has 0 bridgehead atoms. The number of aryl methyl sites for hydroxylation is 2. The van der Waals surface area contributed by atoms with Crippen molar-refractivity contribution in [2.24, 2.45) is 0 Å². The number of anilines is 1. The summed E-state index contributed by atoms with van der Waals surface area (Å²) in [5, 5.41) is 7.61. The van der Waals surface area contributed by atoms with Crippen LogP contribution in [0.4, 0.5) is 5.69 Å². The van der Waals surface area contributed by atoms with Crippen molar-refractivity contribution in [3.05, 3.63) is 83.4 Å². The number of rotatable bonds is 4. The van der Waals surface area contributed by atoms with Gasteiger partial charge in [0.2, 0.25) is 5.76 Å². The molecule has 2 aromatic carbocycles. The van der Waals surface area contributed by atoms with E-state index in [0.717, 1.165) is 23.1 Å². The highest BCUT2D eigenvalue weighted by Gasteiger charge is 2.17.